The molecule has 0 fully saturated rings. The van der Waals surface area contributed by atoms with E-state index < -0.39 is 5.91 Å². The number of hydrogen-bond donors (Lipinski definition) is 1. The van der Waals surface area contributed by atoms with Gasteiger partial charge >= 0.3 is 0 Å². The topological polar surface area (TPSA) is 95.9 Å². The zero-order valence-electron chi connectivity index (χ0n) is 11.5. The largest absolute Gasteiger partial charge is 0.497 e. The van der Waals surface area contributed by atoms with Crippen LogP contribution in [0.4, 0.5) is 0 Å². The molecule has 0 unspecified atom stereocenters. The molecule has 1 aromatic heterocycles. The van der Waals surface area contributed by atoms with E-state index in [9.17, 15) is 4.79 Å². The van der Waals surface area contributed by atoms with Crippen molar-refractivity contribution in [2.45, 2.75) is 6.54 Å². The highest BCUT2D eigenvalue weighted by molar-refractivity contribution is 5.86. The van der Waals surface area contributed by atoms with E-state index in [2.05, 4.69) is 15.4 Å². The first-order chi connectivity index (χ1) is 10.2. The minimum absolute atomic E-state index is 0.456. The van der Waals surface area contributed by atoms with Gasteiger partial charge in [-0.2, -0.15) is 4.80 Å². The van der Waals surface area contributed by atoms with Crippen LogP contribution in [0, 0.1) is 0 Å². The van der Waals surface area contributed by atoms with E-state index in [0.29, 0.717) is 12.4 Å². The first-order valence-electron chi connectivity index (χ1n) is 6.22. The maximum absolute atomic E-state index is 10.5. The van der Waals surface area contributed by atoms with Crippen LogP contribution in [0.5, 0.6) is 5.75 Å². The summed E-state index contributed by atoms with van der Waals surface area (Å²) < 4.78 is 5.10. The smallest absolute Gasteiger partial charge is 0.241 e. The molecule has 0 aliphatic rings. The third-order valence-corrected chi connectivity index (χ3v) is 2.57. The number of nitrogens with zero attached hydrogens (tertiary/aromatic N) is 4. The summed E-state index contributed by atoms with van der Waals surface area (Å²) in [5.41, 5.74) is 6.01. The number of carbonyl (C=O) groups is 1. The molecule has 0 saturated carbocycles. The molecular weight excluding hydrogens is 270 g/mol. The molecule has 0 atom stereocenters. The van der Waals surface area contributed by atoms with Crippen molar-refractivity contribution < 1.29 is 9.53 Å². The number of rotatable bonds is 6. The van der Waals surface area contributed by atoms with Crippen molar-refractivity contribution in [3.63, 3.8) is 0 Å². The van der Waals surface area contributed by atoms with E-state index in [1.807, 2.05) is 24.3 Å². The number of amides is 1. The number of aromatic nitrogens is 4. The van der Waals surface area contributed by atoms with E-state index in [1.54, 1.807) is 19.3 Å². The van der Waals surface area contributed by atoms with Crippen molar-refractivity contribution in [2.75, 3.05) is 7.11 Å². The van der Waals surface area contributed by atoms with Gasteiger partial charge in [0.1, 0.15) is 5.75 Å². The standard InChI is InChI=1S/C14H15N5O2/c1-21-12-8-6-11(7-9-12)10-19-17-14(16-18-19)5-3-2-4-13(15)20/h2-9H,10H2,1H3,(H2,15,20)/b4-2+,5-3+. The summed E-state index contributed by atoms with van der Waals surface area (Å²) in [6, 6.07) is 7.63. The Hall–Kier alpha value is -2.96. The van der Waals surface area contributed by atoms with Crippen LogP contribution in [0.1, 0.15) is 11.4 Å². The minimum Gasteiger partial charge on any atom is -0.497 e. The Labute approximate surface area is 121 Å². The van der Waals surface area contributed by atoms with Crippen molar-refractivity contribution >= 4 is 12.0 Å². The second-order valence-corrected chi connectivity index (χ2v) is 4.15. The van der Waals surface area contributed by atoms with E-state index in [0.717, 1.165) is 11.3 Å². The molecule has 2 N–H and O–H groups in total. The molecule has 2 rings (SSSR count). The van der Waals surface area contributed by atoms with Gasteiger partial charge in [0.05, 0.1) is 13.7 Å². The van der Waals surface area contributed by atoms with Gasteiger partial charge in [-0.3, -0.25) is 4.79 Å². The number of nitrogens with two attached hydrogens (primary N) is 1. The fourth-order valence-corrected chi connectivity index (χ4v) is 1.58. The zero-order valence-corrected chi connectivity index (χ0v) is 11.5. The van der Waals surface area contributed by atoms with Crippen LogP contribution in [0.2, 0.25) is 0 Å². The molecular formula is C14H15N5O2. The molecule has 2 aromatic rings. The van der Waals surface area contributed by atoms with Gasteiger partial charge in [0.2, 0.25) is 5.91 Å². The highest BCUT2D eigenvalue weighted by Gasteiger charge is 2.01. The van der Waals surface area contributed by atoms with Crippen molar-refractivity contribution in [1.82, 2.24) is 20.2 Å². The maximum Gasteiger partial charge on any atom is 0.241 e. The molecule has 0 aliphatic carbocycles. The predicted molar refractivity (Wildman–Crippen MR) is 77.3 cm³/mol. The second kappa shape index (κ2) is 6.99. The second-order valence-electron chi connectivity index (χ2n) is 4.15. The summed E-state index contributed by atoms with van der Waals surface area (Å²) >= 11 is 0. The summed E-state index contributed by atoms with van der Waals surface area (Å²) in [7, 11) is 1.62. The number of benzene rings is 1. The molecule has 1 amide bonds. The van der Waals surface area contributed by atoms with Crippen molar-refractivity contribution in [2.24, 2.45) is 5.73 Å². The highest BCUT2D eigenvalue weighted by Crippen LogP contribution is 2.11. The first kappa shape index (κ1) is 14.4. The number of ether oxygens (including phenoxy) is 1. The van der Waals surface area contributed by atoms with Gasteiger partial charge in [0, 0.05) is 6.08 Å². The summed E-state index contributed by atoms with van der Waals surface area (Å²) in [5.74, 6) is 0.753. The third-order valence-electron chi connectivity index (χ3n) is 2.57. The van der Waals surface area contributed by atoms with Crippen LogP contribution in [-0.2, 0) is 11.3 Å². The lowest BCUT2D eigenvalue weighted by Crippen LogP contribution is -2.04. The molecule has 0 aliphatic heterocycles. The molecule has 0 radical (unpaired) electrons. The lowest BCUT2D eigenvalue weighted by Gasteiger charge is -2.01. The molecule has 1 heterocycles. The van der Waals surface area contributed by atoms with Gasteiger partial charge in [-0.1, -0.05) is 24.3 Å². The molecule has 1 aromatic carbocycles. The third kappa shape index (κ3) is 4.57. The number of tetrazole rings is 1. The quantitative estimate of drug-likeness (QED) is 0.625. The van der Waals surface area contributed by atoms with E-state index in [1.165, 1.54) is 16.9 Å². The van der Waals surface area contributed by atoms with Crippen LogP contribution in [0.25, 0.3) is 6.08 Å². The maximum atomic E-state index is 10.5. The molecule has 0 saturated heterocycles. The lowest BCUT2D eigenvalue weighted by molar-refractivity contribution is -0.113. The monoisotopic (exact) mass is 285 g/mol. The molecule has 108 valence electrons. The minimum atomic E-state index is -0.504. The number of carbonyl (C=O) groups excluding carboxylic acids is 1. The number of hydrogen-bond acceptors (Lipinski definition) is 5. The molecule has 0 spiro atoms. The van der Waals surface area contributed by atoms with Gasteiger partial charge in [0.25, 0.3) is 0 Å². The Morgan fingerprint density at radius 1 is 1.33 bits per heavy atom. The molecule has 0 bridgehead atoms. The summed E-state index contributed by atoms with van der Waals surface area (Å²) in [5, 5.41) is 12.0. The highest BCUT2D eigenvalue weighted by atomic mass is 16.5. The molecule has 21 heavy (non-hydrogen) atoms. The normalized spacial score (nSPS) is 11.3. The van der Waals surface area contributed by atoms with Crippen LogP contribution < -0.4 is 10.5 Å². The predicted octanol–water partition coefficient (Wildman–Crippen LogP) is 0.785. The van der Waals surface area contributed by atoms with Crippen LogP contribution >= 0.6 is 0 Å². The summed E-state index contributed by atoms with van der Waals surface area (Å²) in [4.78, 5) is 12.0. The van der Waals surface area contributed by atoms with Gasteiger partial charge in [0.15, 0.2) is 5.82 Å². The summed E-state index contributed by atoms with van der Waals surface area (Å²) in [6.07, 6.45) is 6.03. The van der Waals surface area contributed by atoms with Crippen molar-refractivity contribution in [3.8, 4) is 5.75 Å². The molecule has 7 nitrogen and oxygen atoms in total. The fraction of sp³-hybridized carbons (Fsp3) is 0.143. The average Bonchev–Trinajstić information content (AvgIpc) is 2.92. The number of allylic oxidation sites excluding steroid dienone is 2. The van der Waals surface area contributed by atoms with Crippen molar-refractivity contribution in [1.29, 1.82) is 0 Å². The van der Waals surface area contributed by atoms with Gasteiger partial charge in [-0.05, 0) is 29.0 Å². The Balaban J connectivity index is 1.97. The Bertz CT molecular complexity index is 658. The number of primary amides is 1. The van der Waals surface area contributed by atoms with E-state index >= 15 is 0 Å². The van der Waals surface area contributed by atoms with Gasteiger partial charge < -0.3 is 10.5 Å². The van der Waals surface area contributed by atoms with Crippen molar-refractivity contribution in [3.05, 3.63) is 53.9 Å². The Morgan fingerprint density at radius 3 is 2.76 bits per heavy atom. The van der Waals surface area contributed by atoms with Gasteiger partial charge in [-0.15, -0.1) is 10.2 Å². The Kier molecular flexibility index (Phi) is 4.81. The average molecular weight is 285 g/mol. The molecule has 7 heteroatoms. The fourth-order valence-electron chi connectivity index (χ4n) is 1.58. The summed E-state index contributed by atoms with van der Waals surface area (Å²) in [6.45, 7) is 0.516. The van der Waals surface area contributed by atoms with Crippen LogP contribution in [0.15, 0.2) is 42.5 Å². The van der Waals surface area contributed by atoms with Crippen LogP contribution in [0.3, 0.4) is 0 Å². The first-order valence-corrected chi connectivity index (χ1v) is 6.22. The van der Waals surface area contributed by atoms with Gasteiger partial charge in [-0.25, -0.2) is 0 Å². The SMILES string of the molecule is COc1ccc(Cn2nnc(/C=C/C=C/C(N)=O)n2)cc1. The Morgan fingerprint density at radius 2 is 2.10 bits per heavy atom. The lowest BCUT2D eigenvalue weighted by atomic mass is 10.2. The number of methoxy groups -OCH3 is 1. The van der Waals surface area contributed by atoms with E-state index in [-0.39, 0.29) is 0 Å². The van der Waals surface area contributed by atoms with E-state index in [4.69, 9.17) is 10.5 Å². The van der Waals surface area contributed by atoms with Crippen LogP contribution in [-0.4, -0.2) is 33.2 Å². The zero-order chi connectivity index (χ0) is 15.1.